The lowest BCUT2D eigenvalue weighted by molar-refractivity contribution is -0.122. The van der Waals surface area contributed by atoms with Gasteiger partial charge in [-0.3, -0.25) is 9.59 Å². The fourth-order valence-electron chi connectivity index (χ4n) is 3.30. The second-order valence-electron chi connectivity index (χ2n) is 6.63. The normalized spacial score (nSPS) is 16.1. The van der Waals surface area contributed by atoms with Gasteiger partial charge >= 0.3 is 0 Å². The number of amides is 2. The van der Waals surface area contributed by atoms with Gasteiger partial charge in [0.05, 0.1) is 18.7 Å². The number of carbonyl (C=O) groups is 2. The zero-order valence-electron chi connectivity index (χ0n) is 15.6. The van der Waals surface area contributed by atoms with Crippen LogP contribution in [0.2, 0.25) is 5.02 Å². The molecule has 2 heterocycles. The van der Waals surface area contributed by atoms with Crippen molar-refractivity contribution in [3.05, 3.63) is 59.1 Å². The first-order chi connectivity index (χ1) is 14.0. The van der Waals surface area contributed by atoms with E-state index in [4.69, 9.17) is 16.3 Å². The highest BCUT2D eigenvalue weighted by atomic mass is 35.5. The van der Waals surface area contributed by atoms with E-state index in [1.807, 2.05) is 29.6 Å². The molecule has 1 saturated heterocycles. The Bertz CT molecular complexity index is 1040. The molecule has 3 aromatic rings. The van der Waals surface area contributed by atoms with Crippen LogP contribution >= 0.6 is 22.9 Å². The van der Waals surface area contributed by atoms with Gasteiger partial charge in [-0.1, -0.05) is 11.6 Å². The third-order valence-electron chi connectivity index (χ3n) is 4.76. The Labute approximate surface area is 177 Å². The van der Waals surface area contributed by atoms with E-state index in [1.165, 1.54) is 7.11 Å². The van der Waals surface area contributed by atoms with Crippen molar-refractivity contribution in [2.75, 3.05) is 23.9 Å². The fraction of sp³-hybridized carbons (Fsp3) is 0.190. The van der Waals surface area contributed by atoms with Crippen LogP contribution in [0.1, 0.15) is 6.42 Å². The molecule has 0 bridgehead atoms. The molecule has 1 atom stereocenters. The van der Waals surface area contributed by atoms with Gasteiger partial charge < -0.3 is 15.0 Å². The number of nitrogens with one attached hydrogen (secondary N) is 1. The number of aromatic nitrogens is 1. The predicted octanol–water partition coefficient (Wildman–Crippen LogP) is 4.46. The number of rotatable bonds is 5. The molecule has 1 fully saturated rings. The van der Waals surface area contributed by atoms with E-state index in [9.17, 15) is 9.59 Å². The standard InChI is InChI=1S/C21H18ClN3O3S/c1-28-18-7-4-15(22)11-17(18)25-12-14(10-19(25)26)20(27)24-16-5-2-13(3-6-16)21-23-8-9-29-21/h2-9,11,14H,10,12H2,1H3,(H,24,27). The van der Waals surface area contributed by atoms with Crippen LogP contribution < -0.4 is 15.0 Å². The predicted molar refractivity (Wildman–Crippen MR) is 115 cm³/mol. The summed E-state index contributed by atoms with van der Waals surface area (Å²) in [7, 11) is 1.53. The minimum Gasteiger partial charge on any atom is -0.495 e. The number of ether oxygens (including phenoxy) is 1. The summed E-state index contributed by atoms with van der Waals surface area (Å²) in [4.78, 5) is 31.1. The van der Waals surface area contributed by atoms with Crippen LogP contribution in [0.15, 0.2) is 54.0 Å². The summed E-state index contributed by atoms with van der Waals surface area (Å²) in [6, 6.07) is 12.6. The summed E-state index contributed by atoms with van der Waals surface area (Å²) in [5.74, 6) is -0.236. The smallest absolute Gasteiger partial charge is 0.229 e. The van der Waals surface area contributed by atoms with Gasteiger partial charge in [-0.15, -0.1) is 11.3 Å². The van der Waals surface area contributed by atoms with Crippen molar-refractivity contribution in [2.45, 2.75) is 6.42 Å². The highest BCUT2D eigenvalue weighted by molar-refractivity contribution is 7.13. The summed E-state index contributed by atoms with van der Waals surface area (Å²) < 4.78 is 5.34. The molecule has 148 valence electrons. The second-order valence-corrected chi connectivity index (χ2v) is 7.96. The summed E-state index contributed by atoms with van der Waals surface area (Å²) in [5.41, 5.74) is 2.25. The largest absolute Gasteiger partial charge is 0.495 e. The molecule has 1 unspecified atom stereocenters. The zero-order valence-corrected chi connectivity index (χ0v) is 17.2. The minimum atomic E-state index is -0.454. The van der Waals surface area contributed by atoms with Crippen LogP contribution in [0, 0.1) is 5.92 Å². The highest BCUT2D eigenvalue weighted by Crippen LogP contribution is 2.35. The van der Waals surface area contributed by atoms with E-state index < -0.39 is 5.92 Å². The zero-order chi connectivity index (χ0) is 20.4. The van der Waals surface area contributed by atoms with Crippen molar-refractivity contribution in [3.63, 3.8) is 0 Å². The minimum absolute atomic E-state index is 0.134. The van der Waals surface area contributed by atoms with Crippen molar-refractivity contribution in [1.29, 1.82) is 0 Å². The number of halogens is 1. The lowest BCUT2D eigenvalue weighted by Gasteiger charge is -2.20. The fourth-order valence-corrected chi connectivity index (χ4v) is 4.11. The molecule has 0 aliphatic carbocycles. The Morgan fingerprint density at radius 2 is 2.07 bits per heavy atom. The first kappa shape index (κ1) is 19.4. The van der Waals surface area contributed by atoms with Crippen LogP contribution in [0.25, 0.3) is 10.6 Å². The topological polar surface area (TPSA) is 71.5 Å². The Morgan fingerprint density at radius 3 is 2.76 bits per heavy atom. The van der Waals surface area contributed by atoms with Gasteiger partial charge in [0, 0.05) is 40.8 Å². The van der Waals surface area contributed by atoms with E-state index in [0.29, 0.717) is 22.1 Å². The number of nitrogens with zero attached hydrogens (tertiary/aromatic N) is 2. The molecule has 8 heteroatoms. The number of anilines is 2. The third-order valence-corrected chi connectivity index (χ3v) is 5.82. The number of hydrogen-bond acceptors (Lipinski definition) is 5. The Balaban J connectivity index is 1.45. The molecule has 1 aliphatic heterocycles. The van der Waals surface area contributed by atoms with Crippen LogP contribution in [0.3, 0.4) is 0 Å². The van der Waals surface area contributed by atoms with Crippen molar-refractivity contribution in [3.8, 4) is 16.3 Å². The summed E-state index contributed by atoms with van der Waals surface area (Å²) >= 11 is 7.64. The first-order valence-electron chi connectivity index (χ1n) is 9.00. The maximum Gasteiger partial charge on any atom is 0.229 e. The van der Waals surface area contributed by atoms with Crippen molar-refractivity contribution < 1.29 is 14.3 Å². The van der Waals surface area contributed by atoms with Gasteiger partial charge in [0.2, 0.25) is 11.8 Å². The molecule has 1 aromatic heterocycles. The third kappa shape index (κ3) is 4.11. The molecular formula is C21H18ClN3O3S. The van der Waals surface area contributed by atoms with E-state index in [-0.39, 0.29) is 24.8 Å². The SMILES string of the molecule is COc1ccc(Cl)cc1N1CC(C(=O)Nc2ccc(-c3nccs3)cc2)CC1=O. The van der Waals surface area contributed by atoms with E-state index in [0.717, 1.165) is 10.6 Å². The van der Waals surface area contributed by atoms with Crippen LogP contribution in [0.5, 0.6) is 5.75 Å². The summed E-state index contributed by atoms with van der Waals surface area (Å²) in [6.45, 7) is 0.276. The average molecular weight is 428 g/mol. The monoisotopic (exact) mass is 427 g/mol. The molecule has 29 heavy (non-hydrogen) atoms. The molecule has 0 saturated carbocycles. The van der Waals surface area contributed by atoms with Crippen molar-refractivity contribution in [1.82, 2.24) is 4.98 Å². The Morgan fingerprint density at radius 1 is 1.28 bits per heavy atom. The number of thiazole rings is 1. The van der Waals surface area contributed by atoms with Gasteiger partial charge in [0.25, 0.3) is 0 Å². The summed E-state index contributed by atoms with van der Waals surface area (Å²) in [5, 5.41) is 6.24. The number of hydrogen-bond donors (Lipinski definition) is 1. The molecule has 0 radical (unpaired) electrons. The van der Waals surface area contributed by atoms with Gasteiger partial charge in [-0.25, -0.2) is 4.98 Å². The van der Waals surface area contributed by atoms with Crippen LogP contribution in [-0.2, 0) is 9.59 Å². The Kier molecular flexibility index (Phi) is 5.51. The molecule has 1 N–H and O–H groups in total. The van der Waals surface area contributed by atoms with Gasteiger partial charge in [0.1, 0.15) is 10.8 Å². The Hall–Kier alpha value is -2.90. The van der Waals surface area contributed by atoms with Gasteiger partial charge in [-0.2, -0.15) is 0 Å². The molecule has 6 nitrogen and oxygen atoms in total. The van der Waals surface area contributed by atoms with E-state index in [1.54, 1.807) is 40.6 Å². The average Bonchev–Trinajstić information content (AvgIpc) is 3.38. The van der Waals surface area contributed by atoms with Crippen LogP contribution in [-0.4, -0.2) is 30.5 Å². The lowest BCUT2D eigenvalue weighted by Crippen LogP contribution is -2.28. The molecule has 4 rings (SSSR count). The maximum atomic E-state index is 12.7. The van der Waals surface area contributed by atoms with E-state index in [2.05, 4.69) is 10.3 Å². The maximum absolute atomic E-state index is 12.7. The molecule has 2 aromatic carbocycles. The molecule has 1 aliphatic rings. The lowest BCUT2D eigenvalue weighted by atomic mass is 10.1. The van der Waals surface area contributed by atoms with Crippen LogP contribution in [0.4, 0.5) is 11.4 Å². The van der Waals surface area contributed by atoms with Crippen molar-refractivity contribution in [2.24, 2.45) is 5.92 Å². The quantitative estimate of drug-likeness (QED) is 0.652. The molecule has 0 spiro atoms. The highest BCUT2D eigenvalue weighted by Gasteiger charge is 2.36. The second kappa shape index (κ2) is 8.23. The molecular weight excluding hydrogens is 410 g/mol. The number of carbonyl (C=O) groups excluding carboxylic acids is 2. The van der Waals surface area contributed by atoms with E-state index >= 15 is 0 Å². The number of benzene rings is 2. The van der Waals surface area contributed by atoms with Crippen molar-refractivity contribution >= 4 is 46.1 Å². The molecule has 2 amide bonds. The first-order valence-corrected chi connectivity index (χ1v) is 10.3. The summed E-state index contributed by atoms with van der Waals surface area (Å²) in [6.07, 6.45) is 1.89. The number of methoxy groups -OCH3 is 1. The van der Waals surface area contributed by atoms with Gasteiger partial charge in [-0.05, 0) is 42.5 Å². The van der Waals surface area contributed by atoms with Gasteiger partial charge in [0.15, 0.2) is 0 Å².